The number of halogens is 4. The van der Waals surface area contributed by atoms with Gasteiger partial charge in [-0.1, -0.05) is 0 Å². The Morgan fingerprint density at radius 2 is 1.80 bits per heavy atom. The van der Waals surface area contributed by atoms with Gasteiger partial charge in [0, 0.05) is 5.69 Å². The number of nitrogens with two attached hydrogens (primary N) is 2. The minimum atomic E-state index is -5.01. The SMILES string of the molecule is NC(=O)c1c(N)ccc(F)c1C(F)(F)F. The maximum absolute atomic E-state index is 12.9. The summed E-state index contributed by atoms with van der Waals surface area (Å²) in [5.74, 6) is -3.00. The molecular formula is C8H6F4N2O. The fourth-order valence-corrected chi connectivity index (χ4v) is 1.14. The van der Waals surface area contributed by atoms with Crippen LogP contribution in [-0.2, 0) is 6.18 Å². The molecule has 0 saturated carbocycles. The molecule has 1 rings (SSSR count). The summed E-state index contributed by atoms with van der Waals surface area (Å²) < 4.78 is 49.9. The van der Waals surface area contributed by atoms with Gasteiger partial charge in [0.2, 0.25) is 0 Å². The average Bonchev–Trinajstić information content (AvgIpc) is 2.05. The van der Waals surface area contributed by atoms with Gasteiger partial charge in [-0.25, -0.2) is 4.39 Å². The Bertz CT molecular complexity index is 414. The Labute approximate surface area is 81.7 Å². The first-order valence-electron chi connectivity index (χ1n) is 3.70. The van der Waals surface area contributed by atoms with Crippen molar-refractivity contribution in [1.82, 2.24) is 0 Å². The first-order chi connectivity index (χ1) is 6.75. The lowest BCUT2D eigenvalue weighted by molar-refractivity contribution is -0.140. The highest BCUT2D eigenvalue weighted by Crippen LogP contribution is 2.36. The standard InChI is InChI=1S/C8H6F4N2O/c9-3-1-2-4(13)5(7(14)15)6(3)8(10,11)12/h1-2H,13H2,(H2,14,15). The fraction of sp³-hybridized carbons (Fsp3) is 0.125. The maximum Gasteiger partial charge on any atom is 0.420 e. The summed E-state index contributed by atoms with van der Waals surface area (Å²) in [6.45, 7) is 0. The lowest BCUT2D eigenvalue weighted by Crippen LogP contribution is -2.22. The van der Waals surface area contributed by atoms with E-state index >= 15 is 0 Å². The Morgan fingerprint density at radius 3 is 2.13 bits per heavy atom. The molecule has 0 aliphatic heterocycles. The van der Waals surface area contributed by atoms with Crippen molar-refractivity contribution in [2.24, 2.45) is 5.73 Å². The predicted octanol–water partition coefficient (Wildman–Crippen LogP) is 1.53. The third-order valence-electron chi connectivity index (χ3n) is 1.72. The third kappa shape index (κ3) is 2.00. The molecule has 1 amide bonds. The number of anilines is 1. The molecule has 0 spiro atoms. The van der Waals surface area contributed by atoms with Crippen LogP contribution in [0.2, 0.25) is 0 Å². The zero-order valence-electron chi connectivity index (χ0n) is 7.23. The first-order valence-corrected chi connectivity index (χ1v) is 3.70. The number of rotatable bonds is 1. The summed E-state index contributed by atoms with van der Waals surface area (Å²) in [5, 5.41) is 0. The van der Waals surface area contributed by atoms with Crippen LogP contribution in [-0.4, -0.2) is 5.91 Å². The van der Waals surface area contributed by atoms with Crippen LogP contribution in [0.5, 0.6) is 0 Å². The second-order valence-corrected chi connectivity index (χ2v) is 2.75. The minimum absolute atomic E-state index is 0.503. The van der Waals surface area contributed by atoms with Gasteiger partial charge in [0.25, 0.3) is 5.91 Å². The number of carbonyl (C=O) groups excluding carboxylic acids is 1. The molecule has 4 N–H and O–H groups in total. The topological polar surface area (TPSA) is 69.1 Å². The van der Waals surface area contributed by atoms with Crippen LogP contribution < -0.4 is 11.5 Å². The van der Waals surface area contributed by atoms with E-state index in [-0.39, 0.29) is 0 Å². The molecule has 0 bridgehead atoms. The molecule has 0 saturated heterocycles. The van der Waals surface area contributed by atoms with E-state index in [1.54, 1.807) is 0 Å². The Morgan fingerprint density at radius 1 is 1.27 bits per heavy atom. The predicted molar refractivity (Wildman–Crippen MR) is 44.3 cm³/mol. The molecule has 0 aliphatic carbocycles. The smallest absolute Gasteiger partial charge is 0.398 e. The summed E-state index contributed by atoms with van der Waals surface area (Å²) in [4.78, 5) is 10.7. The van der Waals surface area contributed by atoms with Crippen LogP contribution in [0.15, 0.2) is 12.1 Å². The highest BCUT2D eigenvalue weighted by molar-refractivity contribution is 5.99. The molecule has 0 radical (unpaired) electrons. The van der Waals surface area contributed by atoms with Crippen LogP contribution in [0.1, 0.15) is 15.9 Å². The van der Waals surface area contributed by atoms with Gasteiger partial charge in [-0.2, -0.15) is 13.2 Å². The third-order valence-corrected chi connectivity index (χ3v) is 1.72. The van der Waals surface area contributed by atoms with Gasteiger partial charge >= 0.3 is 6.18 Å². The van der Waals surface area contributed by atoms with Crippen LogP contribution in [0.25, 0.3) is 0 Å². The van der Waals surface area contributed by atoms with E-state index in [1.807, 2.05) is 0 Å². The quantitative estimate of drug-likeness (QED) is 0.558. The van der Waals surface area contributed by atoms with E-state index < -0.39 is 34.7 Å². The van der Waals surface area contributed by atoms with Gasteiger partial charge in [0.1, 0.15) is 11.4 Å². The number of carbonyl (C=O) groups is 1. The zero-order chi connectivity index (χ0) is 11.8. The molecule has 0 fully saturated rings. The van der Waals surface area contributed by atoms with Crippen molar-refractivity contribution in [3.63, 3.8) is 0 Å². The summed E-state index contributed by atoms with van der Waals surface area (Å²) in [6, 6.07) is 1.38. The van der Waals surface area contributed by atoms with Crippen molar-refractivity contribution in [2.75, 3.05) is 5.73 Å². The molecule has 3 nitrogen and oxygen atoms in total. The van der Waals surface area contributed by atoms with Gasteiger partial charge in [-0.3, -0.25) is 4.79 Å². The number of nitrogen functional groups attached to an aromatic ring is 1. The summed E-state index contributed by atoms with van der Waals surface area (Å²) in [6.07, 6.45) is -5.01. The molecular weight excluding hydrogens is 216 g/mol. The van der Waals surface area contributed by atoms with E-state index in [2.05, 4.69) is 0 Å². The van der Waals surface area contributed by atoms with Crippen molar-refractivity contribution in [2.45, 2.75) is 6.18 Å². The van der Waals surface area contributed by atoms with Crippen LogP contribution in [0, 0.1) is 5.82 Å². The minimum Gasteiger partial charge on any atom is -0.398 e. The largest absolute Gasteiger partial charge is 0.420 e. The molecule has 0 heterocycles. The van der Waals surface area contributed by atoms with E-state index in [9.17, 15) is 22.4 Å². The molecule has 0 aliphatic rings. The van der Waals surface area contributed by atoms with Crippen molar-refractivity contribution in [3.05, 3.63) is 29.1 Å². The number of benzene rings is 1. The normalized spacial score (nSPS) is 11.5. The number of hydrogen-bond acceptors (Lipinski definition) is 2. The molecule has 82 valence electrons. The fourth-order valence-electron chi connectivity index (χ4n) is 1.14. The molecule has 1 aromatic rings. The zero-order valence-corrected chi connectivity index (χ0v) is 7.23. The summed E-state index contributed by atoms with van der Waals surface area (Å²) in [7, 11) is 0. The molecule has 0 aromatic heterocycles. The van der Waals surface area contributed by atoms with Gasteiger partial charge < -0.3 is 11.5 Å². The highest BCUT2D eigenvalue weighted by Gasteiger charge is 2.39. The van der Waals surface area contributed by atoms with Crippen LogP contribution in [0.4, 0.5) is 23.2 Å². The Kier molecular flexibility index (Phi) is 2.57. The maximum atomic E-state index is 12.9. The molecule has 0 unspecified atom stereocenters. The monoisotopic (exact) mass is 222 g/mol. The van der Waals surface area contributed by atoms with Gasteiger partial charge in [-0.15, -0.1) is 0 Å². The summed E-state index contributed by atoms with van der Waals surface area (Å²) in [5.41, 5.74) is 6.55. The van der Waals surface area contributed by atoms with E-state index in [0.717, 1.165) is 6.07 Å². The highest BCUT2D eigenvalue weighted by atomic mass is 19.4. The van der Waals surface area contributed by atoms with E-state index in [1.165, 1.54) is 0 Å². The Hall–Kier alpha value is -1.79. The van der Waals surface area contributed by atoms with E-state index in [4.69, 9.17) is 11.5 Å². The second kappa shape index (κ2) is 3.41. The number of alkyl halides is 3. The van der Waals surface area contributed by atoms with Gasteiger partial charge in [0.15, 0.2) is 0 Å². The van der Waals surface area contributed by atoms with Crippen molar-refractivity contribution in [1.29, 1.82) is 0 Å². The molecule has 1 aromatic carbocycles. The molecule has 7 heteroatoms. The first kappa shape index (κ1) is 11.3. The van der Waals surface area contributed by atoms with Crippen molar-refractivity contribution in [3.8, 4) is 0 Å². The Balaban J connectivity index is 3.60. The average molecular weight is 222 g/mol. The second-order valence-electron chi connectivity index (χ2n) is 2.75. The van der Waals surface area contributed by atoms with Gasteiger partial charge in [0.05, 0.1) is 5.56 Å². The van der Waals surface area contributed by atoms with Gasteiger partial charge in [-0.05, 0) is 12.1 Å². The molecule has 0 atom stereocenters. The van der Waals surface area contributed by atoms with Crippen molar-refractivity contribution >= 4 is 11.6 Å². The van der Waals surface area contributed by atoms with Crippen molar-refractivity contribution < 1.29 is 22.4 Å². The number of primary amides is 1. The summed E-state index contributed by atoms with van der Waals surface area (Å²) >= 11 is 0. The lowest BCUT2D eigenvalue weighted by Gasteiger charge is -2.13. The number of hydrogen-bond donors (Lipinski definition) is 2. The van der Waals surface area contributed by atoms with E-state index in [0.29, 0.717) is 6.07 Å². The van der Waals surface area contributed by atoms with Crippen LogP contribution in [0.3, 0.4) is 0 Å². The molecule has 15 heavy (non-hydrogen) atoms. The van der Waals surface area contributed by atoms with Crippen LogP contribution >= 0.6 is 0 Å². The number of amides is 1. The lowest BCUT2D eigenvalue weighted by atomic mass is 10.0.